The summed E-state index contributed by atoms with van der Waals surface area (Å²) in [6.07, 6.45) is 4.50. The molecular weight excluding hydrogens is 378 g/mol. The lowest BCUT2D eigenvalue weighted by Gasteiger charge is -2.31. The van der Waals surface area contributed by atoms with Gasteiger partial charge in [0.05, 0.1) is 38.2 Å². The normalized spacial score (nSPS) is 17.2. The molecule has 0 unspecified atom stereocenters. The highest BCUT2D eigenvalue weighted by Crippen LogP contribution is 2.19. The molecule has 1 aromatic carbocycles. The Morgan fingerprint density at radius 1 is 1.21 bits per heavy atom. The van der Waals surface area contributed by atoms with Crippen LogP contribution in [0.3, 0.4) is 0 Å². The van der Waals surface area contributed by atoms with E-state index in [2.05, 4.69) is 12.2 Å². The van der Waals surface area contributed by atoms with E-state index in [4.69, 9.17) is 4.74 Å². The molecule has 1 amide bonds. The summed E-state index contributed by atoms with van der Waals surface area (Å²) in [6.45, 7) is 6.71. The Morgan fingerprint density at radius 3 is 2.43 bits per heavy atom. The van der Waals surface area contributed by atoms with Crippen molar-refractivity contribution in [2.75, 3.05) is 39.8 Å². The first-order valence-corrected chi connectivity index (χ1v) is 11.6. The van der Waals surface area contributed by atoms with E-state index in [0.29, 0.717) is 38.5 Å². The standard InChI is InChI=1S/C20H33N3O4S/c1-4-5-6-7-17(2)21-20(24)16-22-12-14-23(15-13-22)28(25,26)19-10-8-18(27-3)9-11-19/h8-11,17H,4-7,12-16H2,1-3H3,(H,21,24)/p+1/t17-/m1/s1. The minimum absolute atomic E-state index is 0.0467. The van der Waals surface area contributed by atoms with Gasteiger partial charge in [0.1, 0.15) is 5.75 Å². The quantitative estimate of drug-likeness (QED) is 0.554. The van der Waals surface area contributed by atoms with Crippen molar-refractivity contribution in [1.82, 2.24) is 9.62 Å². The lowest BCUT2D eigenvalue weighted by Crippen LogP contribution is -3.15. The van der Waals surface area contributed by atoms with Crippen LogP contribution in [-0.4, -0.2) is 64.5 Å². The van der Waals surface area contributed by atoms with Crippen LogP contribution in [0.25, 0.3) is 0 Å². The predicted molar refractivity (Wildman–Crippen MR) is 109 cm³/mol. The fourth-order valence-corrected chi connectivity index (χ4v) is 4.88. The molecule has 1 atom stereocenters. The molecule has 8 heteroatoms. The lowest BCUT2D eigenvalue weighted by atomic mass is 10.1. The van der Waals surface area contributed by atoms with Crippen molar-refractivity contribution < 1.29 is 22.8 Å². The molecule has 1 aliphatic rings. The number of hydrogen-bond acceptors (Lipinski definition) is 4. The second-order valence-electron chi connectivity index (χ2n) is 7.47. The Balaban J connectivity index is 1.80. The van der Waals surface area contributed by atoms with Gasteiger partial charge >= 0.3 is 0 Å². The zero-order chi connectivity index (χ0) is 20.6. The second-order valence-corrected chi connectivity index (χ2v) is 9.41. The minimum Gasteiger partial charge on any atom is -0.497 e. The number of rotatable bonds is 10. The fraction of sp³-hybridized carbons (Fsp3) is 0.650. The Kier molecular flexibility index (Phi) is 8.72. The first-order chi connectivity index (χ1) is 13.4. The van der Waals surface area contributed by atoms with Crippen molar-refractivity contribution >= 4 is 15.9 Å². The van der Waals surface area contributed by atoms with E-state index in [1.54, 1.807) is 31.4 Å². The topological polar surface area (TPSA) is 80.2 Å². The number of ether oxygens (including phenoxy) is 1. The summed E-state index contributed by atoms with van der Waals surface area (Å²) in [6, 6.07) is 6.64. The van der Waals surface area contributed by atoms with Gasteiger partial charge in [-0.1, -0.05) is 26.2 Å². The predicted octanol–water partition coefficient (Wildman–Crippen LogP) is 0.669. The number of sulfonamides is 1. The van der Waals surface area contributed by atoms with Crippen LogP contribution in [0.15, 0.2) is 29.2 Å². The average Bonchev–Trinajstić information content (AvgIpc) is 2.68. The van der Waals surface area contributed by atoms with Crippen LogP contribution < -0.4 is 15.0 Å². The van der Waals surface area contributed by atoms with E-state index in [0.717, 1.165) is 17.7 Å². The molecular formula is C20H34N3O4S+. The molecule has 0 saturated carbocycles. The molecule has 28 heavy (non-hydrogen) atoms. The molecule has 2 rings (SSSR count). The van der Waals surface area contributed by atoms with Crippen LogP contribution >= 0.6 is 0 Å². The number of benzene rings is 1. The number of hydrogen-bond donors (Lipinski definition) is 2. The number of amides is 1. The van der Waals surface area contributed by atoms with Gasteiger partial charge in [0.25, 0.3) is 5.91 Å². The third-order valence-electron chi connectivity index (χ3n) is 5.19. The van der Waals surface area contributed by atoms with E-state index in [1.165, 1.54) is 17.1 Å². The maximum atomic E-state index is 12.8. The molecule has 7 nitrogen and oxygen atoms in total. The molecule has 1 aromatic rings. The molecule has 0 aliphatic carbocycles. The van der Waals surface area contributed by atoms with Crippen LogP contribution in [0.1, 0.15) is 39.5 Å². The van der Waals surface area contributed by atoms with Gasteiger partial charge in [0, 0.05) is 6.04 Å². The van der Waals surface area contributed by atoms with Crippen molar-refractivity contribution in [2.24, 2.45) is 0 Å². The van der Waals surface area contributed by atoms with Crippen LogP contribution in [-0.2, 0) is 14.8 Å². The molecule has 0 radical (unpaired) electrons. The highest BCUT2D eigenvalue weighted by atomic mass is 32.2. The van der Waals surface area contributed by atoms with Gasteiger partial charge < -0.3 is 15.0 Å². The molecule has 0 spiro atoms. The number of piperazine rings is 1. The third kappa shape index (κ3) is 6.46. The first-order valence-electron chi connectivity index (χ1n) is 10.1. The number of quaternary nitrogens is 1. The van der Waals surface area contributed by atoms with Gasteiger partial charge in [-0.15, -0.1) is 0 Å². The Morgan fingerprint density at radius 2 is 1.86 bits per heavy atom. The fourth-order valence-electron chi connectivity index (χ4n) is 3.44. The number of carbonyl (C=O) groups excluding carboxylic acids is 1. The second kappa shape index (κ2) is 10.8. The lowest BCUT2D eigenvalue weighted by molar-refractivity contribution is -0.895. The van der Waals surface area contributed by atoms with Gasteiger partial charge in [-0.25, -0.2) is 8.42 Å². The van der Waals surface area contributed by atoms with Crippen LogP contribution in [0.4, 0.5) is 0 Å². The largest absolute Gasteiger partial charge is 0.497 e. The Labute approximate surface area is 169 Å². The smallest absolute Gasteiger partial charge is 0.275 e. The van der Waals surface area contributed by atoms with Crippen molar-refractivity contribution in [3.05, 3.63) is 24.3 Å². The van der Waals surface area contributed by atoms with Crippen molar-refractivity contribution in [2.45, 2.75) is 50.5 Å². The third-order valence-corrected chi connectivity index (χ3v) is 7.10. The number of unbranched alkanes of at least 4 members (excludes halogenated alkanes) is 2. The van der Waals surface area contributed by atoms with Gasteiger partial charge in [0.2, 0.25) is 10.0 Å². The average molecular weight is 413 g/mol. The summed E-state index contributed by atoms with van der Waals surface area (Å²) in [5, 5.41) is 3.06. The molecule has 1 fully saturated rings. The highest BCUT2D eigenvalue weighted by molar-refractivity contribution is 7.89. The van der Waals surface area contributed by atoms with Gasteiger partial charge in [-0.3, -0.25) is 4.79 Å². The van der Waals surface area contributed by atoms with Crippen molar-refractivity contribution in [3.63, 3.8) is 0 Å². The van der Waals surface area contributed by atoms with Gasteiger partial charge in [-0.05, 0) is 37.6 Å². The summed E-state index contributed by atoms with van der Waals surface area (Å²) in [7, 11) is -1.96. The van der Waals surface area contributed by atoms with Crippen LogP contribution in [0, 0.1) is 0 Å². The summed E-state index contributed by atoms with van der Waals surface area (Å²) in [5.74, 6) is 0.675. The minimum atomic E-state index is -3.51. The summed E-state index contributed by atoms with van der Waals surface area (Å²) in [5.41, 5.74) is 0. The maximum absolute atomic E-state index is 12.8. The molecule has 1 heterocycles. The molecule has 1 aliphatic heterocycles. The molecule has 0 aromatic heterocycles. The maximum Gasteiger partial charge on any atom is 0.275 e. The van der Waals surface area contributed by atoms with Gasteiger partial charge in [0.15, 0.2) is 6.54 Å². The summed E-state index contributed by atoms with van der Waals surface area (Å²) >= 11 is 0. The van der Waals surface area contributed by atoms with Crippen molar-refractivity contribution in [3.8, 4) is 5.75 Å². The van der Waals surface area contributed by atoms with Crippen LogP contribution in [0.2, 0.25) is 0 Å². The van der Waals surface area contributed by atoms with Crippen molar-refractivity contribution in [1.29, 1.82) is 0 Å². The van der Waals surface area contributed by atoms with Crippen LogP contribution in [0.5, 0.6) is 5.75 Å². The highest BCUT2D eigenvalue weighted by Gasteiger charge is 2.31. The van der Waals surface area contributed by atoms with E-state index in [9.17, 15) is 13.2 Å². The number of nitrogens with zero attached hydrogens (tertiary/aromatic N) is 1. The molecule has 0 bridgehead atoms. The monoisotopic (exact) mass is 412 g/mol. The SMILES string of the molecule is CCCCC[C@@H](C)NC(=O)C[NH+]1CCN(S(=O)(=O)c2ccc(OC)cc2)CC1. The van der Waals surface area contributed by atoms with E-state index < -0.39 is 10.0 Å². The molecule has 2 N–H and O–H groups in total. The zero-order valence-electron chi connectivity index (χ0n) is 17.2. The zero-order valence-corrected chi connectivity index (χ0v) is 18.1. The van der Waals surface area contributed by atoms with Gasteiger partial charge in [-0.2, -0.15) is 4.31 Å². The molecule has 1 saturated heterocycles. The number of carbonyl (C=O) groups is 1. The van der Waals surface area contributed by atoms with E-state index >= 15 is 0 Å². The van der Waals surface area contributed by atoms with E-state index in [1.807, 2.05) is 6.92 Å². The summed E-state index contributed by atoms with van der Waals surface area (Å²) < 4.78 is 32.2. The Hall–Kier alpha value is -1.64. The molecule has 158 valence electrons. The Bertz CT molecular complexity index is 713. The number of methoxy groups -OCH3 is 1. The van der Waals surface area contributed by atoms with E-state index in [-0.39, 0.29) is 16.8 Å². The number of nitrogens with one attached hydrogen (secondary N) is 2. The first kappa shape index (κ1) is 22.6. The summed E-state index contributed by atoms with van der Waals surface area (Å²) in [4.78, 5) is 13.6.